The van der Waals surface area contributed by atoms with Gasteiger partial charge in [0.25, 0.3) is 0 Å². The van der Waals surface area contributed by atoms with Crippen molar-refractivity contribution in [3.8, 4) is 0 Å². The molecule has 1 unspecified atom stereocenters. The SMILES string of the molecule is CCOC(=O)c1nc(C)n(C(C)c2ccc(C)s2)c1N. The van der Waals surface area contributed by atoms with Crippen LogP contribution in [-0.4, -0.2) is 22.1 Å². The lowest BCUT2D eigenvalue weighted by molar-refractivity contribution is 0.0521. The van der Waals surface area contributed by atoms with Crippen LogP contribution >= 0.6 is 11.3 Å². The molecule has 0 amide bonds. The summed E-state index contributed by atoms with van der Waals surface area (Å²) >= 11 is 1.72. The normalized spacial score (nSPS) is 12.4. The number of nitrogen functional groups attached to an aromatic ring is 1. The number of carbonyl (C=O) groups excluding carboxylic acids is 1. The van der Waals surface area contributed by atoms with E-state index >= 15 is 0 Å². The van der Waals surface area contributed by atoms with Crippen molar-refractivity contribution < 1.29 is 9.53 Å². The van der Waals surface area contributed by atoms with Gasteiger partial charge in [0.05, 0.1) is 12.6 Å². The largest absolute Gasteiger partial charge is 0.461 e. The van der Waals surface area contributed by atoms with Gasteiger partial charge in [0.15, 0.2) is 5.69 Å². The van der Waals surface area contributed by atoms with Gasteiger partial charge in [-0.15, -0.1) is 11.3 Å². The number of thiophene rings is 1. The first-order valence-corrected chi connectivity index (χ1v) is 7.35. The van der Waals surface area contributed by atoms with E-state index in [1.54, 1.807) is 18.3 Å². The summed E-state index contributed by atoms with van der Waals surface area (Å²) in [6, 6.07) is 4.20. The van der Waals surface area contributed by atoms with Crippen LogP contribution in [0.1, 0.15) is 46.0 Å². The Labute approximate surface area is 122 Å². The summed E-state index contributed by atoms with van der Waals surface area (Å²) in [5, 5.41) is 0. The van der Waals surface area contributed by atoms with Gasteiger partial charge < -0.3 is 15.0 Å². The van der Waals surface area contributed by atoms with E-state index in [0.717, 1.165) is 0 Å². The third-order valence-electron chi connectivity index (χ3n) is 3.15. The lowest BCUT2D eigenvalue weighted by atomic mass is 10.2. The average molecular weight is 293 g/mol. The maximum Gasteiger partial charge on any atom is 0.360 e. The zero-order chi connectivity index (χ0) is 14.9. The molecule has 2 aromatic heterocycles. The molecule has 2 N–H and O–H groups in total. The van der Waals surface area contributed by atoms with Crippen LogP contribution in [0.25, 0.3) is 0 Å². The number of hydrogen-bond acceptors (Lipinski definition) is 5. The molecule has 0 saturated heterocycles. The van der Waals surface area contributed by atoms with Crippen LogP contribution in [0.4, 0.5) is 5.82 Å². The highest BCUT2D eigenvalue weighted by molar-refractivity contribution is 7.12. The first-order valence-electron chi connectivity index (χ1n) is 6.53. The number of ether oxygens (including phenoxy) is 1. The molecule has 0 spiro atoms. The Bertz CT molecular complexity index is 630. The number of hydrogen-bond donors (Lipinski definition) is 1. The van der Waals surface area contributed by atoms with Gasteiger partial charge in [-0.25, -0.2) is 9.78 Å². The van der Waals surface area contributed by atoms with Crippen LogP contribution in [0.3, 0.4) is 0 Å². The van der Waals surface area contributed by atoms with Crippen LogP contribution in [0.15, 0.2) is 12.1 Å². The Balaban J connectivity index is 2.40. The fourth-order valence-corrected chi connectivity index (χ4v) is 3.13. The van der Waals surface area contributed by atoms with E-state index in [4.69, 9.17) is 10.5 Å². The van der Waals surface area contributed by atoms with E-state index in [2.05, 4.69) is 24.0 Å². The number of carbonyl (C=O) groups is 1. The summed E-state index contributed by atoms with van der Waals surface area (Å²) in [6.07, 6.45) is 0. The maximum absolute atomic E-state index is 11.8. The Hall–Kier alpha value is -1.82. The molecule has 6 heteroatoms. The molecule has 0 bridgehead atoms. The van der Waals surface area contributed by atoms with E-state index in [0.29, 0.717) is 18.2 Å². The minimum absolute atomic E-state index is 0.0457. The number of imidazole rings is 1. The fourth-order valence-electron chi connectivity index (χ4n) is 2.21. The average Bonchev–Trinajstić information content (AvgIpc) is 2.94. The smallest absolute Gasteiger partial charge is 0.360 e. The molecule has 2 aromatic rings. The number of anilines is 1. The number of nitrogens with two attached hydrogens (primary N) is 1. The zero-order valence-corrected chi connectivity index (χ0v) is 13.0. The Morgan fingerprint density at radius 3 is 2.75 bits per heavy atom. The molecule has 1 atom stereocenters. The van der Waals surface area contributed by atoms with Crippen molar-refractivity contribution >= 4 is 23.1 Å². The van der Waals surface area contributed by atoms with Crippen LogP contribution < -0.4 is 5.73 Å². The fraction of sp³-hybridized carbons (Fsp3) is 0.429. The first kappa shape index (κ1) is 14.6. The highest BCUT2D eigenvalue weighted by Gasteiger charge is 2.23. The molecule has 0 aliphatic carbocycles. The van der Waals surface area contributed by atoms with E-state index in [1.807, 2.05) is 18.4 Å². The topological polar surface area (TPSA) is 70.1 Å². The monoisotopic (exact) mass is 293 g/mol. The molecule has 2 heterocycles. The van der Waals surface area contributed by atoms with Crippen molar-refractivity contribution in [3.63, 3.8) is 0 Å². The summed E-state index contributed by atoms with van der Waals surface area (Å²) in [6.45, 7) is 8.02. The minimum Gasteiger partial charge on any atom is -0.461 e. The van der Waals surface area contributed by atoms with Gasteiger partial charge >= 0.3 is 5.97 Å². The van der Waals surface area contributed by atoms with Gasteiger partial charge in [0.1, 0.15) is 11.6 Å². The molecular formula is C14H19N3O2S. The number of aromatic nitrogens is 2. The molecule has 0 aliphatic heterocycles. The highest BCUT2D eigenvalue weighted by Crippen LogP contribution is 2.30. The third-order valence-corrected chi connectivity index (χ3v) is 4.32. The molecule has 0 fully saturated rings. The molecule has 108 valence electrons. The number of esters is 1. The van der Waals surface area contributed by atoms with Crippen LogP contribution in [0.5, 0.6) is 0 Å². The standard InChI is InChI=1S/C14H19N3O2S/c1-5-19-14(18)12-13(15)17(10(4)16-12)9(3)11-7-6-8(2)20-11/h6-7,9H,5,15H2,1-4H3. The second-order valence-electron chi connectivity index (χ2n) is 4.61. The predicted molar refractivity (Wildman–Crippen MR) is 80.2 cm³/mol. The van der Waals surface area contributed by atoms with Crippen LogP contribution in [0.2, 0.25) is 0 Å². The number of nitrogens with zero attached hydrogens (tertiary/aromatic N) is 2. The van der Waals surface area contributed by atoms with Crippen molar-refractivity contribution in [2.75, 3.05) is 12.3 Å². The summed E-state index contributed by atoms with van der Waals surface area (Å²) < 4.78 is 6.85. The summed E-state index contributed by atoms with van der Waals surface area (Å²) in [4.78, 5) is 18.5. The highest BCUT2D eigenvalue weighted by atomic mass is 32.1. The van der Waals surface area contributed by atoms with Crippen molar-refractivity contribution in [1.82, 2.24) is 9.55 Å². The van der Waals surface area contributed by atoms with Crippen molar-refractivity contribution in [2.45, 2.75) is 33.7 Å². The van der Waals surface area contributed by atoms with Gasteiger partial charge in [-0.05, 0) is 39.8 Å². The Morgan fingerprint density at radius 2 is 2.20 bits per heavy atom. The van der Waals surface area contributed by atoms with Gasteiger partial charge in [-0.2, -0.15) is 0 Å². The Morgan fingerprint density at radius 1 is 1.50 bits per heavy atom. The van der Waals surface area contributed by atoms with E-state index in [-0.39, 0.29) is 11.7 Å². The van der Waals surface area contributed by atoms with Crippen molar-refractivity contribution in [1.29, 1.82) is 0 Å². The molecule has 0 saturated carbocycles. The van der Waals surface area contributed by atoms with Gasteiger partial charge in [0.2, 0.25) is 0 Å². The van der Waals surface area contributed by atoms with Gasteiger partial charge in [0, 0.05) is 9.75 Å². The minimum atomic E-state index is -0.471. The van der Waals surface area contributed by atoms with Crippen LogP contribution in [0, 0.1) is 13.8 Å². The lowest BCUT2D eigenvalue weighted by Crippen LogP contribution is -2.13. The molecule has 0 aliphatic rings. The number of aryl methyl sites for hydroxylation is 2. The van der Waals surface area contributed by atoms with Crippen molar-refractivity contribution in [3.05, 3.63) is 33.4 Å². The molecule has 0 aromatic carbocycles. The quantitative estimate of drug-likeness (QED) is 0.880. The third kappa shape index (κ3) is 2.56. The molecule has 2 rings (SSSR count). The Kier molecular flexibility index (Phi) is 4.13. The van der Waals surface area contributed by atoms with Crippen LogP contribution in [-0.2, 0) is 4.74 Å². The first-order chi connectivity index (χ1) is 9.45. The summed E-state index contributed by atoms with van der Waals surface area (Å²) in [5.74, 6) is 0.602. The second-order valence-corrected chi connectivity index (χ2v) is 5.93. The number of rotatable bonds is 4. The van der Waals surface area contributed by atoms with Gasteiger partial charge in [-0.1, -0.05) is 0 Å². The molecule has 5 nitrogen and oxygen atoms in total. The second kappa shape index (κ2) is 5.66. The molecule has 0 radical (unpaired) electrons. The maximum atomic E-state index is 11.8. The summed E-state index contributed by atoms with van der Waals surface area (Å²) in [7, 11) is 0. The van der Waals surface area contributed by atoms with E-state index in [1.165, 1.54) is 9.75 Å². The zero-order valence-electron chi connectivity index (χ0n) is 12.1. The lowest BCUT2D eigenvalue weighted by Gasteiger charge is -2.15. The van der Waals surface area contributed by atoms with Crippen molar-refractivity contribution in [2.24, 2.45) is 0 Å². The predicted octanol–water partition coefficient (Wildman–Crippen LogP) is 2.93. The van der Waals surface area contributed by atoms with E-state index < -0.39 is 5.97 Å². The van der Waals surface area contributed by atoms with Gasteiger partial charge in [-0.3, -0.25) is 0 Å². The molecule has 20 heavy (non-hydrogen) atoms. The summed E-state index contributed by atoms with van der Waals surface area (Å²) in [5.41, 5.74) is 6.28. The van der Waals surface area contributed by atoms with E-state index in [9.17, 15) is 4.79 Å². The molecular weight excluding hydrogens is 274 g/mol.